The fraction of sp³-hybridized carbons (Fsp3) is 0.143. The van der Waals surface area contributed by atoms with Gasteiger partial charge in [-0.15, -0.1) is 0 Å². The van der Waals surface area contributed by atoms with E-state index < -0.39 is 0 Å². The molecule has 2 aromatic rings. The van der Waals surface area contributed by atoms with E-state index in [2.05, 4.69) is 21.1 Å². The van der Waals surface area contributed by atoms with Crippen molar-refractivity contribution in [1.82, 2.24) is 10.9 Å². The van der Waals surface area contributed by atoms with Gasteiger partial charge >= 0.3 is 0 Å². The lowest BCUT2D eigenvalue weighted by atomic mass is 10.3. The molecule has 0 fully saturated rings. The van der Waals surface area contributed by atoms with E-state index in [1.165, 1.54) is 12.4 Å². The van der Waals surface area contributed by atoms with E-state index in [9.17, 15) is 9.59 Å². The molecule has 2 rings (SSSR count). The molecule has 2 N–H and O–H groups in total. The van der Waals surface area contributed by atoms with E-state index in [-0.39, 0.29) is 24.7 Å². The van der Waals surface area contributed by atoms with Gasteiger partial charge in [0, 0.05) is 12.8 Å². The minimum atomic E-state index is -0.382. The van der Waals surface area contributed by atoms with Crippen LogP contribution in [-0.4, -0.2) is 24.2 Å². The highest BCUT2D eigenvalue weighted by Crippen LogP contribution is 2.08. The first-order valence-electron chi connectivity index (χ1n) is 6.67. The Hall–Kier alpha value is -1.70. The number of nitrogens with zero attached hydrogens (tertiary/aromatic N) is 2. The molecule has 0 aliphatic carbocycles. The molecule has 8 nitrogen and oxygen atoms in total. The van der Waals surface area contributed by atoms with Crippen molar-refractivity contribution in [2.24, 2.45) is 10.2 Å². The number of halogens is 2. The minimum Gasteiger partial charge on any atom is -0.449 e. The molecular formula is C14H12I2N4O4. The molecule has 126 valence electrons. The number of carbonyl (C=O) groups is 2. The average molecular weight is 554 g/mol. The Morgan fingerprint density at radius 2 is 1.29 bits per heavy atom. The average Bonchev–Trinajstić information content (AvgIpc) is 3.14. The number of amides is 2. The highest BCUT2D eigenvalue weighted by atomic mass is 127. The topological polar surface area (TPSA) is 109 Å². The maximum Gasteiger partial charge on any atom is 0.240 e. The van der Waals surface area contributed by atoms with Crippen molar-refractivity contribution in [3.63, 3.8) is 0 Å². The van der Waals surface area contributed by atoms with Crippen LogP contribution in [0.5, 0.6) is 0 Å². The second-order valence-corrected chi connectivity index (χ2v) is 6.50. The second-order valence-electron chi connectivity index (χ2n) is 4.37. The van der Waals surface area contributed by atoms with Crippen LogP contribution in [0.3, 0.4) is 0 Å². The Morgan fingerprint density at radius 1 is 0.875 bits per heavy atom. The molecule has 0 bridgehead atoms. The van der Waals surface area contributed by atoms with Crippen molar-refractivity contribution in [3.05, 3.63) is 43.3 Å². The van der Waals surface area contributed by atoms with Crippen molar-refractivity contribution in [2.75, 3.05) is 0 Å². The molecule has 0 atom stereocenters. The maximum atomic E-state index is 11.5. The van der Waals surface area contributed by atoms with Gasteiger partial charge in [-0.2, -0.15) is 10.2 Å². The smallest absolute Gasteiger partial charge is 0.240 e. The van der Waals surface area contributed by atoms with Crippen LogP contribution in [0.4, 0.5) is 0 Å². The second kappa shape index (κ2) is 9.56. The van der Waals surface area contributed by atoms with Crippen LogP contribution in [0, 0.1) is 7.53 Å². The van der Waals surface area contributed by atoms with Crippen molar-refractivity contribution in [3.8, 4) is 0 Å². The normalized spacial score (nSPS) is 11.2. The lowest BCUT2D eigenvalue weighted by Gasteiger charge is -1.99. The lowest BCUT2D eigenvalue weighted by Crippen LogP contribution is -2.22. The monoisotopic (exact) mass is 554 g/mol. The van der Waals surface area contributed by atoms with Gasteiger partial charge < -0.3 is 8.83 Å². The molecule has 0 unspecified atom stereocenters. The van der Waals surface area contributed by atoms with Gasteiger partial charge in [0.15, 0.2) is 7.53 Å². The number of hydrazone groups is 2. The van der Waals surface area contributed by atoms with Crippen LogP contribution >= 0.6 is 45.2 Å². The molecule has 0 saturated carbocycles. The molecule has 0 aromatic carbocycles. The molecular weight excluding hydrogens is 542 g/mol. The summed E-state index contributed by atoms with van der Waals surface area (Å²) < 4.78 is 11.9. The van der Waals surface area contributed by atoms with E-state index in [1.807, 2.05) is 45.2 Å². The molecule has 0 spiro atoms. The van der Waals surface area contributed by atoms with Gasteiger partial charge in [0.25, 0.3) is 0 Å². The van der Waals surface area contributed by atoms with Crippen molar-refractivity contribution >= 4 is 69.4 Å². The first kappa shape index (κ1) is 18.6. The number of hydrogen-bond acceptors (Lipinski definition) is 6. The van der Waals surface area contributed by atoms with Crippen molar-refractivity contribution < 1.29 is 18.4 Å². The Kier molecular flexibility index (Phi) is 7.42. The summed E-state index contributed by atoms with van der Waals surface area (Å²) in [4.78, 5) is 23.1. The quantitative estimate of drug-likeness (QED) is 0.312. The van der Waals surface area contributed by atoms with E-state index in [0.29, 0.717) is 11.5 Å². The molecule has 0 radical (unpaired) electrons. The summed E-state index contributed by atoms with van der Waals surface area (Å²) in [6.45, 7) is 0. The zero-order valence-electron chi connectivity index (χ0n) is 12.2. The predicted molar refractivity (Wildman–Crippen MR) is 104 cm³/mol. The van der Waals surface area contributed by atoms with E-state index >= 15 is 0 Å². The lowest BCUT2D eigenvalue weighted by molar-refractivity contribution is -0.126. The summed E-state index contributed by atoms with van der Waals surface area (Å²) in [6.07, 6.45) is 2.75. The summed E-state index contributed by atoms with van der Waals surface area (Å²) in [5, 5.41) is 7.48. The largest absolute Gasteiger partial charge is 0.449 e. The van der Waals surface area contributed by atoms with Crippen molar-refractivity contribution in [2.45, 2.75) is 12.8 Å². The molecule has 0 saturated heterocycles. The predicted octanol–water partition coefficient (Wildman–Crippen LogP) is 2.46. The minimum absolute atomic E-state index is 0.00691. The number of hydrogen-bond donors (Lipinski definition) is 2. The van der Waals surface area contributed by atoms with Crippen molar-refractivity contribution in [1.29, 1.82) is 0 Å². The van der Waals surface area contributed by atoms with E-state index in [1.54, 1.807) is 24.3 Å². The summed E-state index contributed by atoms with van der Waals surface area (Å²) >= 11 is 4.05. The molecule has 10 heteroatoms. The number of carbonyl (C=O) groups excluding carboxylic acids is 2. The summed E-state index contributed by atoms with van der Waals surface area (Å²) in [7, 11) is 0. The van der Waals surface area contributed by atoms with Gasteiger partial charge in [-0.25, -0.2) is 10.9 Å². The highest BCUT2D eigenvalue weighted by Gasteiger charge is 2.05. The standard InChI is InChI=1S/C14H12I2N4O4/c15-11-3-1-9(23-11)7-17-19-13(21)5-6-14(22)20-18-8-10-2-4-12(16)24-10/h1-4,7-8H,5-6H2,(H,19,21)(H,20,22). The van der Waals surface area contributed by atoms with Gasteiger partial charge in [-0.05, 0) is 69.4 Å². The molecule has 0 aliphatic rings. The number of rotatable bonds is 7. The van der Waals surface area contributed by atoms with Gasteiger partial charge in [0.05, 0.1) is 12.4 Å². The third kappa shape index (κ3) is 6.82. The Bertz CT molecular complexity index is 702. The van der Waals surface area contributed by atoms with E-state index in [4.69, 9.17) is 8.83 Å². The number of nitrogens with one attached hydrogen (secondary N) is 2. The Morgan fingerprint density at radius 3 is 1.62 bits per heavy atom. The molecule has 2 heterocycles. The molecule has 2 aromatic heterocycles. The van der Waals surface area contributed by atoms with Crippen LogP contribution < -0.4 is 10.9 Å². The van der Waals surface area contributed by atoms with Gasteiger partial charge in [0.2, 0.25) is 11.8 Å². The third-order valence-electron chi connectivity index (χ3n) is 2.53. The van der Waals surface area contributed by atoms with Crippen LogP contribution in [-0.2, 0) is 9.59 Å². The molecule has 0 aliphatic heterocycles. The zero-order valence-corrected chi connectivity index (χ0v) is 16.5. The van der Waals surface area contributed by atoms with Gasteiger partial charge in [0.1, 0.15) is 11.5 Å². The molecule has 2 amide bonds. The van der Waals surface area contributed by atoms with Gasteiger partial charge in [-0.3, -0.25) is 9.59 Å². The maximum absolute atomic E-state index is 11.5. The summed E-state index contributed by atoms with van der Waals surface area (Å²) in [6, 6.07) is 7.00. The number of furan rings is 2. The van der Waals surface area contributed by atoms with Crippen LogP contribution in [0.25, 0.3) is 0 Å². The fourth-order valence-electron chi connectivity index (χ4n) is 1.47. The van der Waals surface area contributed by atoms with Crippen LogP contribution in [0.15, 0.2) is 43.3 Å². The van der Waals surface area contributed by atoms with Crippen LogP contribution in [0.1, 0.15) is 24.4 Å². The Labute approximate surface area is 164 Å². The summed E-state index contributed by atoms with van der Waals surface area (Å²) in [5.41, 5.74) is 4.63. The van der Waals surface area contributed by atoms with Gasteiger partial charge in [-0.1, -0.05) is 0 Å². The third-order valence-corrected chi connectivity index (χ3v) is 3.69. The fourth-order valence-corrected chi connectivity index (χ4v) is 2.34. The SMILES string of the molecule is O=C(CCC(=O)NN=Cc1ccc(I)o1)NN=Cc1ccc(I)o1. The highest BCUT2D eigenvalue weighted by molar-refractivity contribution is 14.1. The summed E-state index contributed by atoms with van der Waals surface area (Å²) in [5.74, 6) is 0.290. The zero-order chi connectivity index (χ0) is 17.4. The first-order chi connectivity index (χ1) is 11.5. The molecule has 24 heavy (non-hydrogen) atoms. The first-order valence-corrected chi connectivity index (χ1v) is 8.83. The van der Waals surface area contributed by atoms with E-state index in [0.717, 1.165) is 7.53 Å². The Balaban J connectivity index is 1.64. The van der Waals surface area contributed by atoms with Crippen LogP contribution in [0.2, 0.25) is 0 Å².